The topological polar surface area (TPSA) is 61.4 Å². The summed E-state index contributed by atoms with van der Waals surface area (Å²) in [6, 6.07) is 0. The van der Waals surface area contributed by atoms with Crippen molar-refractivity contribution in [1.82, 2.24) is 15.5 Å². The summed E-state index contributed by atoms with van der Waals surface area (Å²) in [5, 5.41) is 5.83. The molecule has 5 heteroatoms. The third-order valence-electron chi connectivity index (χ3n) is 12.0. The van der Waals surface area contributed by atoms with Crippen molar-refractivity contribution < 1.29 is 9.59 Å². The van der Waals surface area contributed by atoms with Crippen molar-refractivity contribution in [2.45, 2.75) is 105 Å². The lowest BCUT2D eigenvalue weighted by molar-refractivity contribution is -0.129. The molecule has 39 heavy (non-hydrogen) atoms. The molecule has 4 aliphatic rings. The number of amides is 2. The Morgan fingerprint density at radius 3 is 2.49 bits per heavy atom. The summed E-state index contributed by atoms with van der Waals surface area (Å²) in [4.78, 5) is 27.2. The quantitative estimate of drug-likeness (QED) is 0.296. The fourth-order valence-corrected chi connectivity index (χ4v) is 9.70. The van der Waals surface area contributed by atoms with Gasteiger partial charge in [-0.05, 0) is 112 Å². The van der Waals surface area contributed by atoms with E-state index in [0.29, 0.717) is 12.0 Å². The maximum absolute atomic E-state index is 13.0. The molecule has 0 aromatic heterocycles. The second kappa shape index (κ2) is 12.7. The number of rotatable bonds is 11. The number of hydrogen-bond acceptors (Lipinski definition) is 3. The van der Waals surface area contributed by atoms with E-state index in [0.717, 1.165) is 61.3 Å². The second-order valence-electron chi connectivity index (χ2n) is 15.1. The standard InChI is InChI=1S/C34H59N3O2/c1-23(2)9-8-10-24(3)28-13-14-29-27-12-11-26-21-25(32(39)36-22-31(38)35-19-20-37(6)7)15-17-33(26,4)30(27)16-18-34(28,29)5/h11,23-25,27-30H,8-10,12-22H2,1-7H3,(H,35,38)(H,36,39)/t24-,25+,27+,28-,29+,30+,33+,34-/m1/s1. The van der Waals surface area contributed by atoms with Crippen molar-refractivity contribution >= 4 is 11.8 Å². The molecule has 0 unspecified atom stereocenters. The van der Waals surface area contributed by atoms with Crippen molar-refractivity contribution in [3.63, 3.8) is 0 Å². The minimum absolute atomic E-state index is 0.00635. The SMILES string of the molecule is CC(C)CCC[C@@H](C)[C@H]1CC[C@H]2[C@@H]3CC=C4C[C@@H](C(=O)NCC(=O)NCCN(C)C)CC[C@]4(C)[C@H]3CC[C@]12C. The number of hydrogen-bond donors (Lipinski definition) is 2. The van der Waals surface area contributed by atoms with Gasteiger partial charge in [0.05, 0.1) is 6.54 Å². The van der Waals surface area contributed by atoms with Crippen LogP contribution < -0.4 is 10.6 Å². The number of nitrogens with zero attached hydrogens (tertiary/aromatic N) is 1. The van der Waals surface area contributed by atoms with E-state index in [9.17, 15) is 9.59 Å². The summed E-state index contributed by atoms with van der Waals surface area (Å²) in [5.74, 6) is 5.00. The summed E-state index contributed by atoms with van der Waals surface area (Å²) in [7, 11) is 3.97. The molecule has 3 saturated carbocycles. The Bertz CT molecular complexity index is 897. The fraction of sp³-hybridized carbons (Fsp3) is 0.882. The Labute approximate surface area is 239 Å². The summed E-state index contributed by atoms with van der Waals surface area (Å²) in [6.07, 6.45) is 16.5. The number of carbonyl (C=O) groups is 2. The van der Waals surface area contributed by atoms with Gasteiger partial charge in [-0.25, -0.2) is 0 Å². The molecule has 0 radical (unpaired) electrons. The van der Waals surface area contributed by atoms with Crippen molar-refractivity contribution in [3.8, 4) is 0 Å². The lowest BCUT2D eigenvalue weighted by Crippen LogP contribution is -2.51. The zero-order valence-corrected chi connectivity index (χ0v) is 26.3. The Kier molecular flexibility index (Phi) is 9.93. The third-order valence-corrected chi connectivity index (χ3v) is 12.0. The summed E-state index contributed by atoms with van der Waals surface area (Å²) in [6.45, 7) is 14.0. The maximum atomic E-state index is 13.0. The van der Waals surface area contributed by atoms with Crippen LogP contribution >= 0.6 is 0 Å². The largest absolute Gasteiger partial charge is 0.353 e. The minimum atomic E-state index is -0.0973. The first-order valence-corrected chi connectivity index (χ1v) is 16.3. The molecular weight excluding hydrogens is 482 g/mol. The molecular formula is C34H59N3O2. The molecule has 0 heterocycles. The summed E-state index contributed by atoms with van der Waals surface area (Å²) in [5.41, 5.74) is 2.32. The molecule has 0 aromatic carbocycles. The zero-order valence-electron chi connectivity index (χ0n) is 26.3. The third kappa shape index (κ3) is 6.60. The molecule has 222 valence electrons. The van der Waals surface area contributed by atoms with E-state index in [1.807, 2.05) is 19.0 Å². The van der Waals surface area contributed by atoms with Crippen LogP contribution in [0.25, 0.3) is 0 Å². The van der Waals surface area contributed by atoms with E-state index >= 15 is 0 Å². The van der Waals surface area contributed by atoms with E-state index in [4.69, 9.17) is 0 Å². The van der Waals surface area contributed by atoms with Gasteiger partial charge in [0.2, 0.25) is 11.8 Å². The molecule has 4 rings (SSSR count). The van der Waals surface area contributed by atoms with Crippen LogP contribution in [0.15, 0.2) is 11.6 Å². The average Bonchev–Trinajstić information content (AvgIpc) is 3.23. The normalized spacial score (nSPS) is 36.5. The van der Waals surface area contributed by atoms with Gasteiger partial charge >= 0.3 is 0 Å². The highest BCUT2D eigenvalue weighted by Gasteiger charge is 2.59. The first-order chi connectivity index (χ1) is 18.5. The Balaban J connectivity index is 1.34. The van der Waals surface area contributed by atoms with Gasteiger partial charge in [0.15, 0.2) is 0 Å². The lowest BCUT2D eigenvalue weighted by atomic mass is 9.46. The van der Waals surface area contributed by atoms with E-state index in [1.165, 1.54) is 51.4 Å². The van der Waals surface area contributed by atoms with E-state index in [2.05, 4.69) is 51.3 Å². The van der Waals surface area contributed by atoms with Gasteiger partial charge in [-0.1, -0.05) is 65.5 Å². The first-order valence-electron chi connectivity index (χ1n) is 16.3. The lowest BCUT2D eigenvalue weighted by Gasteiger charge is -2.58. The number of allylic oxidation sites excluding steroid dienone is 2. The zero-order chi connectivity index (χ0) is 28.4. The molecule has 8 atom stereocenters. The summed E-state index contributed by atoms with van der Waals surface area (Å²) < 4.78 is 0. The monoisotopic (exact) mass is 541 g/mol. The molecule has 0 bridgehead atoms. The van der Waals surface area contributed by atoms with E-state index in [-0.39, 0.29) is 29.7 Å². The van der Waals surface area contributed by atoms with E-state index in [1.54, 1.807) is 5.57 Å². The first kappa shape index (κ1) is 30.6. The molecule has 0 aliphatic heterocycles. The van der Waals surface area contributed by atoms with Gasteiger partial charge in [-0.2, -0.15) is 0 Å². The summed E-state index contributed by atoms with van der Waals surface area (Å²) >= 11 is 0. The Morgan fingerprint density at radius 2 is 1.77 bits per heavy atom. The number of fused-ring (bicyclic) bond motifs is 5. The number of carbonyl (C=O) groups excluding carboxylic acids is 2. The van der Waals surface area contributed by atoms with Crippen LogP contribution in [0.1, 0.15) is 105 Å². The second-order valence-corrected chi connectivity index (χ2v) is 15.1. The number of nitrogens with one attached hydrogen (secondary N) is 2. The van der Waals surface area contributed by atoms with Crippen molar-refractivity contribution in [2.24, 2.45) is 52.3 Å². The number of likely N-dealkylation sites (N-methyl/N-ethyl adjacent to an activating group) is 1. The minimum Gasteiger partial charge on any atom is -0.353 e. The highest BCUT2D eigenvalue weighted by Crippen LogP contribution is 2.67. The predicted molar refractivity (Wildman–Crippen MR) is 161 cm³/mol. The molecule has 4 aliphatic carbocycles. The maximum Gasteiger partial charge on any atom is 0.239 e. The molecule has 0 aromatic rings. The smallest absolute Gasteiger partial charge is 0.239 e. The van der Waals surface area contributed by atoms with Crippen LogP contribution in [-0.2, 0) is 9.59 Å². The molecule has 0 saturated heterocycles. The van der Waals surface area contributed by atoms with Gasteiger partial charge in [0.25, 0.3) is 0 Å². The fourth-order valence-electron chi connectivity index (χ4n) is 9.70. The molecule has 5 nitrogen and oxygen atoms in total. The molecule has 2 N–H and O–H groups in total. The van der Waals surface area contributed by atoms with Gasteiger partial charge in [-0.15, -0.1) is 0 Å². The van der Waals surface area contributed by atoms with Gasteiger partial charge < -0.3 is 15.5 Å². The van der Waals surface area contributed by atoms with Crippen LogP contribution in [0, 0.1) is 52.3 Å². The Hall–Kier alpha value is -1.36. The predicted octanol–water partition coefficient (Wildman–Crippen LogP) is 6.44. The van der Waals surface area contributed by atoms with Crippen LogP contribution in [-0.4, -0.2) is 50.4 Å². The van der Waals surface area contributed by atoms with Crippen molar-refractivity contribution in [1.29, 1.82) is 0 Å². The average molecular weight is 542 g/mol. The highest BCUT2D eigenvalue weighted by atomic mass is 16.2. The highest BCUT2D eigenvalue weighted by molar-refractivity contribution is 5.86. The van der Waals surface area contributed by atoms with Gasteiger partial charge in [0, 0.05) is 19.0 Å². The van der Waals surface area contributed by atoms with Crippen LogP contribution in [0.3, 0.4) is 0 Å². The molecule has 0 spiro atoms. The van der Waals surface area contributed by atoms with Crippen LogP contribution in [0.5, 0.6) is 0 Å². The van der Waals surface area contributed by atoms with Crippen LogP contribution in [0.2, 0.25) is 0 Å². The molecule has 2 amide bonds. The van der Waals surface area contributed by atoms with Crippen molar-refractivity contribution in [3.05, 3.63) is 11.6 Å². The van der Waals surface area contributed by atoms with Crippen LogP contribution in [0.4, 0.5) is 0 Å². The van der Waals surface area contributed by atoms with Gasteiger partial charge in [-0.3, -0.25) is 9.59 Å². The van der Waals surface area contributed by atoms with E-state index < -0.39 is 0 Å². The van der Waals surface area contributed by atoms with Gasteiger partial charge in [0.1, 0.15) is 0 Å². The van der Waals surface area contributed by atoms with Crippen molar-refractivity contribution in [2.75, 3.05) is 33.7 Å². The molecule has 3 fully saturated rings. The Morgan fingerprint density at radius 1 is 1.00 bits per heavy atom.